The summed E-state index contributed by atoms with van der Waals surface area (Å²) in [6.07, 6.45) is 0.778. The van der Waals surface area contributed by atoms with E-state index >= 15 is 0 Å². The Kier molecular flexibility index (Phi) is 7.47. The van der Waals surface area contributed by atoms with Crippen LogP contribution in [-0.2, 0) is 9.53 Å². The summed E-state index contributed by atoms with van der Waals surface area (Å²) < 4.78 is 5.13. The van der Waals surface area contributed by atoms with Gasteiger partial charge in [-0.15, -0.1) is 11.8 Å². The van der Waals surface area contributed by atoms with Crippen LogP contribution in [0.15, 0.2) is 89.8 Å². The van der Waals surface area contributed by atoms with Gasteiger partial charge in [0.15, 0.2) is 0 Å². The molecule has 3 aromatic carbocycles. The second-order valence-electron chi connectivity index (χ2n) is 6.42. The van der Waals surface area contributed by atoms with Gasteiger partial charge in [-0.1, -0.05) is 55.5 Å². The fourth-order valence-electron chi connectivity index (χ4n) is 2.71. The molecule has 3 aromatic rings. The van der Waals surface area contributed by atoms with Gasteiger partial charge in [0.2, 0.25) is 5.91 Å². The van der Waals surface area contributed by atoms with E-state index in [1.165, 1.54) is 11.8 Å². The van der Waals surface area contributed by atoms with Crippen LogP contribution in [0.3, 0.4) is 0 Å². The molecule has 0 saturated carbocycles. The summed E-state index contributed by atoms with van der Waals surface area (Å²) in [7, 11) is 0. The van der Waals surface area contributed by atoms with Crippen molar-refractivity contribution in [3.63, 3.8) is 0 Å². The van der Waals surface area contributed by atoms with Gasteiger partial charge in [-0.05, 0) is 48.4 Å². The topological polar surface area (TPSA) is 55.4 Å². The molecule has 0 aliphatic rings. The van der Waals surface area contributed by atoms with E-state index in [2.05, 4.69) is 5.32 Å². The third-order valence-electron chi connectivity index (χ3n) is 4.16. The monoisotopic (exact) mass is 405 g/mol. The lowest BCUT2D eigenvalue weighted by Crippen LogP contribution is -2.19. The SMILES string of the molecule is CCCOC(=O)c1ccc(NC(=O)[C@H](Sc2ccccc2)c2ccccc2)cc1. The van der Waals surface area contributed by atoms with Gasteiger partial charge in [0.1, 0.15) is 5.25 Å². The highest BCUT2D eigenvalue weighted by Crippen LogP contribution is 2.36. The maximum atomic E-state index is 13.1. The van der Waals surface area contributed by atoms with Crippen LogP contribution < -0.4 is 5.32 Å². The molecule has 1 atom stereocenters. The van der Waals surface area contributed by atoms with Crippen molar-refractivity contribution in [2.75, 3.05) is 11.9 Å². The Hall–Kier alpha value is -3.05. The Morgan fingerprint density at radius 2 is 1.52 bits per heavy atom. The Morgan fingerprint density at radius 3 is 2.14 bits per heavy atom. The van der Waals surface area contributed by atoms with Gasteiger partial charge in [-0.25, -0.2) is 4.79 Å². The number of benzene rings is 3. The number of rotatable bonds is 8. The molecule has 3 rings (SSSR count). The van der Waals surface area contributed by atoms with Crippen molar-refractivity contribution in [1.82, 2.24) is 0 Å². The van der Waals surface area contributed by atoms with Crippen LogP contribution in [0.5, 0.6) is 0 Å². The number of hydrogen-bond donors (Lipinski definition) is 1. The Labute approximate surface area is 175 Å². The number of amides is 1. The number of anilines is 1. The fraction of sp³-hybridized carbons (Fsp3) is 0.167. The molecule has 0 spiro atoms. The van der Waals surface area contributed by atoms with Crippen molar-refractivity contribution in [3.8, 4) is 0 Å². The second kappa shape index (κ2) is 10.5. The lowest BCUT2D eigenvalue weighted by atomic mass is 10.1. The van der Waals surface area contributed by atoms with E-state index < -0.39 is 5.25 Å². The number of ether oxygens (including phenoxy) is 1. The Balaban J connectivity index is 1.73. The van der Waals surface area contributed by atoms with Gasteiger partial charge in [-0.2, -0.15) is 0 Å². The van der Waals surface area contributed by atoms with Gasteiger partial charge in [-0.3, -0.25) is 4.79 Å². The standard InChI is InChI=1S/C24H23NO3S/c1-2-17-28-24(27)19-13-15-20(16-14-19)25-23(26)22(18-9-5-3-6-10-18)29-21-11-7-4-8-12-21/h3-16,22H,2,17H2,1H3,(H,25,26)/t22-/m1/s1. The summed E-state index contributed by atoms with van der Waals surface area (Å²) in [6.45, 7) is 2.34. The first-order valence-electron chi connectivity index (χ1n) is 9.52. The highest BCUT2D eigenvalue weighted by Gasteiger charge is 2.22. The highest BCUT2D eigenvalue weighted by molar-refractivity contribution is 8.00. The molecule has 5 heteroatoms. The Bertz CT molecular complexity index is 927. The van der Waals surface area contributed by atoms with Crippen LogP contribution in [0.2, 0.25) is 0 Å². The molecule has 0 fully saturated rings. The smallest absolute Gasteiger partial charge is 0.338 e. The summed E-state index contributed by atoms with van der Waals surface area (Å²) in [5, 5.41) is 2.56. The quantitative estimate of drug-likeness (QED) is 0.384. The molecule has 0 heterocycles. The van der Waals surface area contributed by atoms with E-state index in [1.807, 2.05) is 67.6 Å². The van der Waals surface area contributed by atoms with Crippen LogP contribution in [0.4, 0.5) is 5.69 Å². The van der Waals surface area contributed by atoms with E-state index in [4.69, 9.17) is 4.74 Å². The van der Waals surface area contributed by atoms with Crippen molar-refractivity contribution >= 4 is 29.3 Å². The van der Waals surface area contributed by atoms with Crippen LogP contribution in [0.1, 0.15) is 34.5 Å². The number of hydrogen-bond acceptors (Lipinski definition) is 4. The molecule has 0 unspecified atom stereocenters. The third-order valence-corrected chi connectivity index (χ3v) is 5.43. The predicted molar refractivity (Wildman–Crippen MR) is 117 cm³/mol. The largest absolute Gasteiger partial charge is 0.462 e. The zero-order chi connectivity index (χ0) is 20.5. The first-order chi connectivity index (χ1) is 14.2. The van der Waals surface area contributed by atoms with Gasteiger partial charge in [0, 0.05) is 10.6 Å². The maximum absolute atomic E-state index is 13.1. The Morgan fingerprint density at radius 1 is 0.897 bits per heavy atom. The zero-order valence-corrected chi connectivity index (χ0v) is 17.0. The van der Waals surface area contributed by atoms with Crippen molar-refractivity contribution < 1.29 is 14.3 Å². The molecule has 1 amide bonds. The molecule has 4 nitrogen and oxygen atoms in total. The van der Waals surface area contributed by atoms with Gasteiger partial charge in [0.25, 0.3) is 0 Å². The molecular weight excluding hydrogens is 382 g/mol. The maximum Gasteiger partial charge on any atom is 0.338 e. The number of carbonyl (C=O) groups excluding carboxylic acids is 2. The van der Waals surface area contributed by atoms with Crippen LogP contribution in [-0.4, -0.2) is 18.5 Å². The molecule has 0 radical (unpaired) electrons. The molecule has 0 aliphatic heterocycles. The van der Waals surface area contributed by atoms with Crippen LogP contribution in [0.25, 0.3) is 0 Å². The molecule has 148 valence electrons. The minimum Gasteiger partial charge on any atom is -0.462 e. The third kappa shape index (κ3) is 5.96. The number of thioether (sulfide) groups is 1. The molecule has 0 aliphatic carbocycles. The van der Waals surface area contributed by atoms with E-state index in [-0.39, 0.29) is 11.9 Å². The summed E-state index contributed by atoms with van der Waals surface area (Å²) in [5.41, 5.74) is 2.03. The second-order valence-corrected chi connectivity index (χ2v) is 7.60. The van der Waals surface area contributed by atoms with E-state index in [9.17, 15) is 9.59 Å². The lowest BCUT2D eigenvalue weighted by Gasteiger charge is -2.17. The molecular formula is C24H23NO3S. The van der Waals surface area contributed by atoms with Crippen molar-refractivity contribution in [1.29, 1.82) is 0 Å². The molecule has 0 saturated heterocycles. The van der Waals surface area contributed by atoms with E-state index in [0.717, 1.165) is 16.9 Å². The summed E-state index contributed by atoms with van der Waals surface area (Å²) in [5.74, 6) is -0.474. The summed E-state index contributed by atoms with van der Waals surface area (Å²) in [6, 6.07) is 26.3. The number of carbonyl (C=O) groups is 2. The number of nitrogens with one attached hydrogen (secondary N) is 1. The molecule has 1 N–H and O–H groups in total. The van der Waals surface area contributed by atoms with E-state index in [0.29, 0.717) is 17.9 Å². The first-order valence-corrected chi connectivity index (χ1v) is 10.4. The van der Waals surface area contributed by atoms with Crippen LogP contribution in [0, 0.1) is 0 Å². The number of esters is 1. The van der Waals surface area contributed by atoms with Gasteiger partial charge < -0.3 is 10.1 Å². The molecule has 29 heavy (non-hydrogen) atoms. The average molecular weight is 406 g/mol. The lowest BCUT2D eigenvalue weighted by molar-refractivity contribution is -0.115. The summed E-state index contributed by atoms with van der Waals surface area (Å²) >= 11 is 1.50. The van der Waals surface area contributed by atoms with Crippen molar-refractivity contribution in [3.05, 3.63) is 96.1 Å². The van der Waals surface area contributed by atoms with Crippen LogP contribution >= 0.6 is 11.8 Å². The molecule has 0 bridgehead atoms. The van der Waals surface area contributed by atoms with Gasteiger partial charge >= 0.3 is 5.97 Å². The minimum atomic E-state index is -0.396. The fourth-order valence-corrected chi connectivity index (χ4v) is 3.76. The minimum absolute atomic E-state index is 0.119. The molecule has 0 aromatic heterocycles. The van der Waals surface area contributed by atoms with E-state index in [1.54, 1.807) is 24.3 Å². The highest BCUT2D eigenvalue weighted by atomic mass is 32.2. The predicted octanol–water partition coefficient (Wildman–Crippen LogP) is 5.73. The normalized spacial score (nSPS) is 11.5. The average Bonchev–Trinajstić information content (AvgIpc) is 2.77. The zero-order valence-electron chi connectivity index (χ0n) is 16.2. The van der Waals surface area contributed by atoms with Crippen molar-refractivity contribution in [2.45, 2.75) is 23.5 Å². The summed E-state index contributed by atoms with van der Waals surface area (Å²) in [4.78, 5) is 26.0. The first kappa shape index (κ1) is 20.7. The van der Waals surface area contributed by atoms with Gasteiger partial charge in [0.05, 0.1) is 12.2 Å². The van der Waals surface area contributed by atoms with Crippen molar-refractivity contribution in [2.24, 2.45) is 0 Å².